The third-order valence-corrected chi connectivity index (χ3v) is 6.61. The van der Waals surface area contributed by atoms with Crippen molar-refractivity contribution in [1.82, 2.24) is 4.72 Å². The lowest BCUT2D eigenvalue weighted by atomic mass is 10.1. The van der Waals surface area contributed by atoms with E-state index in [1.165, 1.54) is 32.2 Å². The van der Waals surface area contributed by atoms with E-state index in [1.54, 1.807) is 29.2 Å². The number of rotatable bonds is 7. The number of hydrogen-bond acceptors (Lipinski definition) is 6. The first kappa shape index (κ1) is 23.4. The van der Waals surface area contributed by atoms with Gasteiger partial charge in [-0.25, -0.2) is 17.9 Å². The molecule has 0 fully saturated rings. The number of carbonyl (C=O) groups is 3. The van der Waals surface area contributed by atoms with E-state index in [2.05, 4.69) is 14.8 Å². The quantitative estimate of drug-likeness (QED) is 0.612. The summed E-state index contributed by atoms with van der Waals surface area (Å²) in [5.41, 5.74) is 2.35. The zero-order valence-electron chi connectivity index (χ0n) is 18.0. The molecule has 2 aromatic rings. The monoisotopic (exact) mass is 459 g/mol. The maximum absolute atomic E-state index is 12.6. The van der Waals surface area contributed by atoms with E-state index in [4.69, 9.17) is 0 Å². The lowest BCUT2D eigenvalue weighted by molar-refractivity contribution is -0.117. The van der Waals surface area contributed by atoms with E-state index in [0.29, 0.717) is 17.7 Å². The first-order valence-corrected chi connectivity index (χ1v) is 11.5. The zero-order chi connectivity index (χ0) is 23.5. The average Bonchev–Trinajstić information content (AvgIpc) is 3.08. The van der Waals surface area contributed by atoms with Gasteiger partial charge in [0.2, 0.25) is 21.8 Å². The first-order valence-electron chi connectivity index (χ1n) is 10.0. The highest BCUT2D eigenvalue weighted by molar-refractivity contribution is 7.89. The number of nitrogens with one attached hydrogen (secondary N) is 2. The standard InChI is InChI=1S/C22H25N3O6S/c1-14-12-17-13-19(8-9-20(17)25(14)15(2)26)32(29,30)23-11-10-21(27)24-18-6-4-16(5-7-18)22(28)31-3/h4-9,13-14,23H,10-12H2,1-3H3,(H,24,27)/t14-/m1/s1. The van der Waals surface area contributed by atoms with Crippen molar-refractivity contribution in [3.05, 3.63) is 53.6 Å². The van der Waals surface area contributed by atoms with Gasteiger partial charge in [0, 0.05) is 37.3 Å². The summed E-state index contributed by atoms with van der Waals surface area (Å²) in [5.74, 6) is -0.943. The van der Waals surface area contributed by atoms with Crippen LogP contribution < -0.4 is 14.9 Å². The molecule has 1 heterocycles. The van der Waals surface area contributed by atoms with Gasteiger partial charge in [0.25, 0.3) is 0 Å². The fourth-order valence-corrected chi connectivity index (χ4v) is 4.75. The molecular formula is C22H25N3O6S. The van der Waals surface area contributed by atoms with Crippen LogP contribution in [0.15, 0.2) is 47.4 Å². The van der Waals surface area contributed by atoms with Crippen LogP contribution in [0.4, 0.5) is 11.4 Å². The molecule has 2 amide bonds. The van der Waals surface area contributed by atoms with Crippen molar-refractivity contribution in [2.75, 3.05) is 23.9 Å². The highest BCUT2D eigenvalue weighted by Crippen LogP contribution is 2.33. The minimum Gasteiger partial charge on any atom is -0.465 e. The molecule has 0 unspecified atom stereocenters. The lowest BCUT2D eigenvalue weighted by Crippen LogP contribution is -2.33. The number of carbonyl (C=O) groups excluding carboxylic acids is 3. The Morgan fingerprint density at radius 3 is 2.44 bits per heavy atom. The van der Waals surface area contributed by atoms with Crippen LogP contribution in [0.5, 0.6) is 0 Å². The molecule has 2 N–H and O–H groups in total. The van der Waals surface area contributed by atoms with Gasteiger partial charge in [-0.1, -0.05) is 0 Å². The number of ether oxygens (including phenoxy) is 1. The molecule has 170 valence electrons. The highest BCUT2D eigenvalue weighted by atomic mass is 32.2. The maximum atomic E-state index is 12.6. The van der Waals surface area contributed by atoms with Gasteiger partial charge in [-0.2, -0.15) is 0 Å². The summed E-state index contributed by atoms with van der Waals surface area (Å²) in [5, 5.41) is 2.64. The van der Waals surface area contributed by atoms with Gasteiger partial charge in [-0.3, -0.25) is 9.59 Å². The minimum absolute atomic E-state index is 0.0289. The molecule has 10 heteroatoms. The highest BCUT2D eigenvalue weighted by Gasteiger charge is 2.30. The van der Waals surface area contributed by atoms with Crippen molar-refractivity contribution in [3.63, 3.8) is 0 Å². The van der Waals surface area contributed by atoms with Gasteiger partial charge in [-0.05, 0) is 61.4 Å². The fraction of sp³-hybridized carbons (Fsp3) is 0.318. The Kier molecular flexibility index (Phi) is 6.95. The minimum atomic E-state index is -3.81. The van der Waals surface area contributed by atoms with Gasteiger partial charge >= 0.3 is 5.97 Å². The molecule has 2 aromatic carbocycles. The summed E-state index contributed by atoms with van der Waals surface area (Å²) in [6.45, 7) is 3.31. The van der Waals surface area contributed by atoms with E-state index in [1.807, 2.05) is 6.92 Å². The summed E-state index contributed by atoms with van der Waals surface area (Å²) >= 11 is 0. The van der Waals surface area contributed by atoms with Crippen molar-refractivity contribution in [1.29, 1.82) is 0 Å². The summed E-state index contributed by atoms with van der Waals surface area (Å²) in [6, 6.07) is 10.8. The van der Waals surface area contributed by atoms with Crippen LogP contribution in [0.1, 0.15) is 36.2 Å². The summed E-state index contributed by atoms with van der Waals surface area (Å²) in [4.78, 5) is 37.1. The van der Waals surface area contributed by atoms with Crippen molar-refractivity contribution in [3.8, 4) is 0 Å². The van der Waals surface area contributed by atoms with E-state index >= 15 is 0 Å². The predicted molar refractivity (Wildman–Crippen MR) is 119 cm³/mol. The molecule has 1 atom stereocenters. The Labute approximate surface area is 186 Å². The number of esters is 1. The van der Waals surface area contributed by atoms with Crippen molar-refractivity contribution in [2.24, 2.45) is 0 Å². The number of hydrogen-bond donors (Lipinski definition) is 2. The van der Waals surface area contributed by atoms with Crippen molar-refractivity contribution >= 4 is 39.2 Å². The number of anilines is 2. The van der Waals surface area contributed by atoms with Crippen LogP contribution >= 0.6 is 0 Å². The van der Waals surface area contributed by atoms with Crippen LogP contribution in [0.25, 0.3) is 0 Å². The molecule has 0 radical (unpaired) electrons. The van der Waals surface area contributed by atoms with Crippen LogP contribution in [0.3, 0.4) is 0 Å². The molecule has 1 aliphatic heterocycles. The summed E-state index contributed by atoms with van der Waals surface area (Å²) in [6.07, 6.45) is 0.507. The molecule has 9 nitrogen and oxygen atoms in total. The third-order valence-electron chi connectivity index (χ3n) is 5.15. The fourth-order valence-electron chi connectivity index (χ4n) is 3.67. The number of nitrogens with zero attached hydrogens (tertiary/aromatic N) is 1. The molecule has 0 aromatic heterocycles. The maximum Gasteiger partial charge on any atom is 0.337 e. The Balaban J connectivity index is 1.57. The number of amides is 2. The van der Waals surface area contributed by atoms with E-state index < -0.39 is 16.0 Å². The van der Waals surface area contributed by atoms with Crippen LogP contribution in [-0.2, 0) is 30.8 Å². The number of methoxy groups -OCH3 is 1. The van der Waals surface area contributed by atoms with Crippen LogP contribution in [-0.4, -0.2) is 45.9 Å². The zero-order valence-corrected chi connectivity index (χ0v) is 18.9. The van der Waals surface area contributed by atoms with Gasteiger partial charge in [0.1, 0.15) is 0 Å². The Hall–Kier alpha value is -3.24. The topological polar surface area (TPSA) is 122 Å². The molecule has 0 saturated carbocycles. The molecular weight excluding hydrogens is 434 g/mol. The molecule has 32 heavy (non-hydrogen) atoms. The predicted octanol–water partition coefficient (Wildman–Crippen LogP) is 2.08. The van der Waals surface area contributed by atoms with E-state index in [-0.39, 0.29) is 35.7 Å². The first-order chi connectivity index (χ1) is 15.1. The van der Waals surface area contributed by atoms with Crippen molar-refractivity contribution in [2.45, 2.75) is 37.6 Å². The average molecular weight is 460 g/mol. The molecule has 0 aliphatic carbocycles. The van der Waals surface area contributed by atoms with Crippen LogP contribution in [0.2, 0.25) is 0 Å². The summed E-state index contributed by atoms with van der Waals surface area (Å²) < 4.78 is 32.3. The second kappa shape index (κ2) is 9.49. The largest absolute Gasteiger partial charge is 0.465 e. The number of fused-ring (bicyclic) bond motifs is 1. The lowest BCUT2D eigenvalue weighted by Gasteiger charge is -2.20. The molecule has 3 rings (SSSR count). The van der Waals surface area contributed by atoms with Gasteiger partial charge in [0.15, 0.2) is 0 Å². The smallest absolute Gasteiger partial charge is 0.337 e. The normalized spacial score (nSPS) is 15.2. The SMILES string of the molecule is COC(=O)c1ccc(NC(=O)CCNS(=O)(=O)c2ccc3c(c2)C[C@@H](C)N3C(C)=O)cc1. The van der Waals surface area contributed by atoms with Gasteiger partial charge < -0.3 is 15.0 Å². The number of sulfonamides is 1. The van der Waals surface area contributed by atoms with Gasteiger partial charge in [0.05, 0.1) is 17.6 Å². The Bertz CT molecular complexity index is 1140. The molecule has 0 spiro atoms. The molecule has 0 saturated heterocycles. The van der Waals surface area contributed by atoms with Crippen LogP contribution in [0, 0.1) is 0 Å². The van der Waals surface area contributed by atoms with E-state index in [9.17, 15) is 22.8 Å². The van der Waals surface area contributed by atoms with Crippen molar-refractivity contribution < 1.29 is 27.5 Å². The number of benzene rings is 2. The molecule has 1 aliphatic rings. The Morgan fingerprint density at radius 1 is 1.12 bits per heavy atom. The Morgan fingerprint density at radius 2 is 1.81 bits per heavy atom. The van der Waals surface area contributed by atoms with Gasteiger partial charge in [-0.15, -0.1) is 0 Å². The second-order valence-electron chi connectivity index (χ2n) is 7.50. The third kappa shape index (κ3) is 5.14. The second-order valence-corrected chi connectivity index (χ2v) is 9.26. The summed E-state index contributed by atoms with van der Waals surface area (Å²) in [7, 11) is -2.53. The molecule has 0 bridgehead atoms. The van der Waals surface area contributed by atoms with E-state index in [0.717, 1.165) is 11.3 Å².